The Morgan fingerprint density at radius 2 is 1.86 bits per heavy atom. The molecule has 0 spiro atoms. The van der Waals surface area contributed by atoms with Gasteiger partial charge in [0.2, 0.25) is 0 Å². The average Bonchev–Trinajstić information content (AvgIpc) is 2.68. The zero-order valence-corrected chi connectivity index (χ0v) is 14.0. The second-order valence-corrected chi connectivity index (χ2v) is 6.15. The third-order valence-corrected chi connectivity index (χ3v) is 4.37. The fourth-order valence-electron chi connectivity index (χ4n) is 2.76. The number of halogens is 1. The van der Waals surface area contributed by atoms with Crippen LogP contribution in [0.4, 0.5) is 0 Å². The summed E-state index contributed by atoms with van der Waals surface area (Å²) >= 11 is 6.36. The van der Waals surface area contributed by atoms with Crippen molar-refractivity contribution in [1.29, 1.82) is 0 Å². The molecule has 2 aromatic rings. The first kappa shape index (κ1) is 16.1. The molecule has 1 aromatic heterocycles. The molecule has 4 heteroatoms. The number of hydrogen-bond donors (Lipinski definition) is 1. The van der Waals surface area contributed by atoms with Crippen molar-refractivity contribution < 1.29 is 0 Å². The van der Waals surface area contributed by atoms with Crippen molar-refractivity contribution in [2.24, 2.45) is 13.0 Å². The highest BCUT2D eigenvalue weighted by molar-refractivity contribution is 6.30. The third kappa shape index (κ3) is 4.08. The Labute approximate surface area is 132 Å². The molecular weight excluding hydrogens is 282 g/mol. The van der Waals surface area contributed by atoms with Crippen LogP contribution < -0.4 is 5.32 Å². The lowest BCUT2D eigenvalue weighted by Gasteiger charge is -2.17. The SMILES string of the molecule is CNCC(Cc1ccc(C)cc1)Cc1c(C)nn(C)c1Cl. The van der Waals surface area contributed by atoms with E-state index in [9.17, 15) is 0 Å². The van der Waals surface area contributed by atoms with Crippen LogP contribution in [0, 0.1) is 19.8 Å². The van der Waals surface area contributed by atoms with Crippen LogP contribution in [0.25, 0.3) is 0 Å². The van der Waals surface area contributed by atoms with Crippen molar-refractivity contribution in [1.82, 2.24) is 15.1 Å². The summed E-state index contributed by atoms with van der Waals surface area (Å²) in [5.74, 6) is 0.512. The number of nitrogens with one attached hydrogen (secondary N) is 1. The zero-order chi connectivity index (χ0) is 15.4. The van der Waals surface area contributed by atoms with Gasteiger partial charge in [-0.3, -0.25) is 4.68 Å². The molecule has 0 aliphatic heterocycles. The summed E-state index contributed by atoms with van der Waals surface area (Å²) in [6.07, 6.45) is 2.00. The van der Waals surface area contributed by atoms with Gasteiger partial charge in [-0.25, -0.2) is 0 Å². The van der Waals surface area contributed by atoms with Crippen LogP contribution in [0.1, 0.15) is 22.4 Å². The Balaban J connectivity index is 2.13. The minimum Gasteiger partial charge on any atom is -0.319 e. The van der Waals surface area contributed by atoms with Crippen LogP contribution in [0.3, 0.4) is 0 Å². The van der Waals surface area contributed by atoms with E-state index in [2.05, 4.69) is 41.6 Å². The van der Waals surface area contributed by atoms with Crippen molar-refractivity contribution in [3.63, 3.8) is 0 Å². The number of rotatable bonds is 6. The van der Waals surface area contributed by atoms with Crippen molar-refractivity contribution in [2.75, 3.05) is 13.6 Å². The summed E-state index contributed by atoms with van der Waals surface area (Å²) in [5, 5.41) is 8.46. The predicted molar refractivity (Wildman–Crippen MR) is 89.0 cm³/mol. The molecule has 0 fully saturated rings. The molecule has 1 atom stereocenters. The normalized spacial score (nSPS) is 12.6. The van der Waals surface area contributed by atoms with E-state index in [-0.39, 0.29) is 0 Å². The van der Waals surface area contributed by atoms with E-state index in [1.807, 2.05) is 21.0 Å². The smallest absolute Gasteiger partial charge is 0.130 e. The van der Waals surface area contributed by atoms with Gasteiger partial charge in [0.1, 0.15) is 5.15 Å². The van der Waals surface area contributed by atoms with Gasteiger partial charge >= 0.3 is 0 Å². The fraction of sp³-hybridized carbons (Fsp3) is 0.471. The molecule has 0 amide bonds. The van der Waals surface area contributed by atoms with Crippen LogP contribution in [-0.4, -0.2) is 23.4 Å². The monoisotopic (exact) mass is 305 g/mol. The highest BCUT2D eigenvalue weighted by Gasteiger charge is 2.17. The number of aryl methyl sites for hydroxylation is 3. The van der Waals surface area contributed by atoms with Gasteiger partial charge in [-0.2, -0.15) is 5.10 Å². The predicted octanol–water partition coefficient (Wildman–Crippen LogP) is 3.31. The van der Waals surface area contributed by atoms with Gasteiger partial charge in [0.25, 0.3) is 0 Å². The van der Waals surface area contributed by atoms with E-state index in [0.717, 1.165) is 30.2 Å². The molecule has 0 aliphatic carbocycles. The van der Waals surface area contributed by atoms with Gasteiger partial charge in [0.15, 0.2) is 0 Å². The van der Waals surface area contributed by atoms with E-state index < -0.39 is 0 Å². The molecule has 1 aromatic carbocycles. The molecule has 0 saturated carbocycles. The molecule has 21 heavy (non-hydrogen) atoms. The topological polar surface area (TPSA) is 29.9 Å². The molecule has 114 valence electrons. The van der Waals surface area contributed by atoms with Crippen LogP contribution in [0.15, 0.2) is 24.3 Å². The van der Waals surface area contributed by atoms with Crippen molar-refractivity contribution in [2.45, 2.75) is 26.7 Å². The van der Waals surface area contributed by atoms with Gasteiger partial charge in [0, 0.05) is 12.6 Å². The average molecular weight is 306 g/mol. The van der Waals surface area contributed by atoms with Gasteiger partial charge in [-0.1, -0.05) is 41.4 Å². The molecule has 0 radical (unpaired) electrons. The minimum absolute atomic E-state index is 0.512. The maximum Gasteiger partial charge on any atom is 0.130 e. The number of benzene rings is 1. The molecule has 0 aliphatic rings. The fourth-order valence-corrected chi connectivity index (χ4v) is 3.01. The first-order valence-electron chi connectivity index (χ1n) is 7.39. The van der Waals surface area contributed by atoms with E-state index in [4.69, 9.17) is 11.6 Å². The van der Waals surface area contributed by atoms with E-state index in [1.54, 1.807) is 4.68 Å². The van der Waals surface area contributed by atoms with Crippen molar-refractivity contribution in [3.8, 4) is 0 Å². The first-order valence-corrected chi connectivity index (χ1v) is 7.77. The lowest BCUT2D eigenvalue weighted by Crippen LogP contribution is -2.23. The molecular formula is C17H24ClN3. The standard InChI is InChI=1S/C17H24ClN3/c1-12-5-7-14(8-6-12)9-15(11-19-3)10-16-13(2)20-21(4)17(16)18/h5-8,15,19H,9-11H2,1-4H3. The van der Waals surface area contributed by atoms with Crippen molar-refractivity contribution >= 4 is 11.6 Å². The van der Waals surface area contributed by atoms with Gasteiger partial charge < -0.3 is 5.32 Å². The number of aromatic nitrogens is 2. The second-order valence-electron chi connectivity index (χ2n) is 5.80. The largest absolute Gasteiger partial charge is 0.319 e. The lowest BCUT2D eigenvalue weighted by molar-refractivity contribution is 0.492. The van der Waals surface area contributed by atoms with Crippen LogP contribution in [-0.2, 0) is 19.9 Å². The molecule has 0 saturated heterocycles. The summed E-state index contributed by atoms with van der Waals surface area (Å²) in [4.78, 5) is 0. The highest BCUT2D eigenvalue weighted by Crippen LogP contribution is 2.23. The number of nitrogens with zero attached hydrogens (tertiary/aromatic N) is 2. The second kappa shape index (κ2) is 7.10. The van der Waals surface area contributed by atoms with Gasteiger partial charge in [-0.15, -0.1) is 0 Å². The minimum atomic E-state index is 0.512. The van der Waals surface area contributed by atoms with Gasteiger partial charge in [0.05, 0.1) is 5.69 Å². The van der Waals surface area contributed by atoms with Crippen LogP contribution in [0.2, 0.25) is 5.15 Å². The maximum absolute atomic E-state index is 6.36. The van der Waals surface area contributed by atoms with Gasteiger partial charge in [-0.05, 0) is 51.8 Å². The number of hydrogen-bond acceptors (Lipinski definition) is 2. The Hall–Kier alpha value is -1.32. The van der Waals surface area contributed by atoms with Crippen molar-refractivity contribution in [3.05, 3.63) is 51.8 Å². The van der Waals surface area contributed by atoms with E-state index >= 15 is 0 Å². The van der Waals surface area contributed by atoms with E-state index in [0.29, 0.717) is 5.92 Å². The highest BCUT2D eigenvalue weighted by atomic mass is 35.5. The Bertz CT molecular complexity index is 587. The third-order valence-electron chi connectivity index (χ3n) is 3.90. The zero-order valence-electron chi connectivity index (χ0n) is 13.3. The molecule has 0 bridgehead atoms. The Kier molecular flexibility index (Phi) is 5.43. The Morgan fingerprint density at radius 3 is 2.38 bits per heavy atom. The molecule has 1 heterocycles. The lowest BCUT2D eigenvalue weighted by atomic mass is 9.92. The summed E-state index contributed by atoms with van der Waals surface area (Å²) < 4.78 is 1.76. The summed E-state index contributed by atoms with van der Waals surface area (Å²) in [5.41, 5.74) is 4.88. The molecule has 2 rings (SSSR count). The summed E-state index contributed by atoms with van der Waals surface area (Å²) in [6, 6.07) is 8.79. The van der Waals surface area contributed by atoms with Crippen LogP contribution in [0.5, 0.6) is 0 Å². The maximum atomic E-state index is 6.36. The molecule has 1 N–H and O–H groups in total. The summed E-state index contributed by atoms with van der Waals surface area (Å²) in [7, 11) is 3.89. The summed E-state index contributed by atoms with van der Waals surface area (Å²) in [6.45, 7) is 5.12. The quantitative estimate of drug-likeness (QED) is 0.887. The Morgan fingerprint density at radius 1 is 1.19 bits per heavy atom. The van der Waals surface area contributed by atoms with E-state index in [1.165, 1.54) is 16.7 Å². The first-order chi connectivity index (χ1) is 10.0. The van der Waals surface area contributed by atoms with Crippen LogP contribution >= 0.6 is 11.6 Å². The molecule has 3 nitrogen and oxygen atoms in total. The molecule has 1 unspecified atom stereocenters.